The molecule has 0 radical (unpaired) electrons. The van der Waals surface area contributed by atoms with Crippen molar-refractivity contribution in [1.29, 1.82) is 0 Å². The van der Waals surface area contributed by atoms with E-state index in [0.29, 0.717) is 17.2 Å². The molecule has 0 spiro atoms. The molecule has 2 rings (SSSR count). The lowest BCUT2D eigenvalue weighted by Gasteiger charge is -2.13. The molecule has 0 aliphatic carbocycles. The van der Waals surface area contributed by atoms with E-state index in [1.54, 1.807) is 39.8 Å². The third-order valence-corrected chi connectivity index (χ3v) is 3.61. The van der Waals surface area contributed by atoms with Crippen molar-refractivity contribution in [3.8, 4) is 17.2 Å². The highest BCUT2D eigenvalue weighted by Gasteiger charge is 2.14. The Morgan fingerprint density at radius 1 is 0.760 bits per heavy atom. The van der Waals surface area contributed by atoms with Crippen molar-refractivity contribution >= 4 is 18.1 Å². The van der Waals surface area contributed by atoms with Gasteiger partial charge in [-0.05, 0) is 29.8 Å². The Balaban J connectivity index is 2.16. The molecule has 0 unspecified atom stereocenters. The standard InChI is InChI=1S/C19H23N3O3/c1-22(2)16-9-6-14(7-10-16)12-20-21-13-15-8-11-17(23-3)19(25-5)18(15)24-4/h6-13H,1-5H3/b20-12+,21-13+. The number of nitrogens with zero attached hydrogens (tertiary/aromatic N) is 3. The summed E-state index contributed by atoms with van der Waals surface area (Å²) in [6, 6.07) is 11.7. The van der Waals surface area contributed by atoms with Gasteiger partial charge in [0.05, 0.1) is 33.8 Å². The van der Waals surface area contributed by atoms with Crippen LogP contribution in [0.1, 0.15) is 11.1 Å². The molecule has 2 aromatic rings. The highest BCUT2D eigenvalue weighted by atomic mass is 16.5. The van der Waals surface area contributed by atoms with E-state index in [9.17, 15) is 0 Å². The minimum absolute atomic E-state index is 0.525. The molecule has 0 N–H and O–H groups in total. The van der Waals surface area contributed by atoms with Crippen LogP contribution in [0.2, 0.25) is 0 Å². The monoisotopic (exact) mass is 341 g/mol. The lowest BCUT2D eigenvalue weighted by Crippen LogP contribution is -2.08. The van der Waals surface area contributed by atoms with Crippen LogP contribution in [-0.2, 0) is 0 Å². The van der Waals surface area contributed by atoms with E-state index in [-0.39, 0.29) is 0 Å². The van der Waals surface area contributed by atoms with Gasteiger partial charge in [0.15, 0.2) is 11.5 Å². The topological polar surface area (TPSA) is 55.7 Å². The molecule has 132 valence electrons. The van der Waals surface area contributed by atoms with Crippen molar-refractivity contribution in [2.24, 2.45) is 10.2 Å². The Bertz CT molecular complexity index is 753. The van der Waals surface area contributed by atoms with Crippen molar-refractivity contribution in [3.63, 3.8) is 0 Å². The summed E-state index contributed by atoms with van der Waals surface area (Å²) in [5.74, 6) is 1.68. The molecule has 0 aliphatic rings. The Morgan fingerprint density at radius 3 is 1.96 bits per heavy atom. The number of methoxy groups -OCH3 is 3. The summed E-state index contributed by atoms with van der Waals surface area (Å²) in [6.07, 6.45) is 3.31. The molecule has 2 aromatic carbocycles. The van der Waals surface area contributed by atoms with Gasteiger partial charge in [-0.1, -0.05) is 12.1 Å². The average molecular weight is 341 g/mol. The molecular formula is C19H23N3O3. The van der Waals surface area contributed by atoms with Crippen molar-refractivity contribution in [2.75, 3.05) is 40.3 Å². The SMILES string of the molecule is COc1ccc(/C=N/N=C/c2ccc(N(C)C)cc2)c(OC)c1OC. The third-order valence-electron chi connectivity index (χ3n) is 3.61. The number of benzene rings is 2. The largest absolute Gasteiger partial charge is 0.493 e. The van der Waals surface area contributed by atoms with Crippen LogP contribution in [0, 0.1) is 0 Å². The molecule has 0 saturated carbocycles. The molecule has 0 saturated heterocycles. The van der Waals surface area contributed by atoms with Gasteiger partial charge >= 0.3 is 0 Å². The number of anilines is 1. The smallest absolute Gasteiger partial charge is 0.203 e. The molecule has 0 amide bonds. The first-order valence-electron chi connectivity index (χ1n) is 7.73. The summed E-state index contributed by atoms with van der Waals surface area (Å²) in [6.45, 7) is 0. The van der Waals surface area contributed by atoms with Crippen molar-refractivity contribution in [2.45, 2.75) is 0 Å². The summed E-state index contributed by atoms with van der Waals surface area (Å²) in [5.41, 5.74) is 2.86. The summed E-state index contributed by atoms with van der Waals surface area (Å²) >= 11 is 0. The van der Waals surface area contributed by atoms with E-state index in [2.05, 4.69) is 10.2 Å². The highest BCUT2D eigenvalue weighted by molar-refractivity contribution is 5.87. The van der Waals surface area contributed by atoms with Crippen molar-refractivity contribution in [3.05, 3.63) is 47.5 Å². The fourth-order valence-electron chi connectivity index (χ4n) is 2.28. The number of ether oxygens (including phenoxy) is 3. The molecule has 0 atom stereocenters. The number of hydrogen-bond donors (Lipinski definition) is 0. The zero-order valence-corrected chi connectivity index (χ0v) is 15.2. The van der Waals surface area contributed by atoms with Crippen LogP contribution in [0.3, 0.4) is 0 Å². The first-order valence-corrected chi connectivity index (χ1v) is 7.73. The van der Waals surface area contributed by atoms with Gasteiger partial charge in [0.1, 0.15) is 0 Å². The van der Waals surface area contributed by atoms with Gasteiger partial charge in [-0.3, -0.25) is 0 Å². The third kappa shape index (κ3) is 4.50. The fraction of sp³-hybridized carbons (Fsp3) is 0.263. The maximum Gasteiger partial charge on any atom is 0.203 e. The van der Waals surface area contributed by atoms with Crippen molar-refractivity contribution in [1.82, 2.24) is 0 Å². The maximum absolute atomic E-state index is 5.41. The van der Waals surface area contributed by atoms with E-state index < -0.39 is 0 Å². The van der Waals surface area contributed by atoms with Gasteiger partial charge < -0.3 is 19.1 Å². The predicted molar refractivity (Wildman–Crippen MR) is 102 cm³/mol. The summed E-state index contributed by atoms with van der Waals surface area (Å²) in [5, 5.41) is 8.18. The van der Waals surface area contributed by atoms with Gasteiger partial charge in [0.2, 0.25) is 5.75 Å². The van der Waals surface area contributed by atoms with E-state index in [1.165, 1.54) is 0 Å². The lowest BCUT2D eigenvalue weighted by atomic mass is 10.2. The van der Waals surface area contributed by atoms with Crippen LogP contribution in [-0.4, -0.2) is 47.9 Å². The summed E-state index contributed by atoms with van der Waals surface area (Å²) in [4.78, 5) is 2.04. The van der Waals surface area contributed by atoms with Crippen LogP contribution in [0.15, 0.2) is 46.6 Å². The van der Waals surface area contributed by atoms with E-state index in [0.717, 1.165) is 16.8 Å². The first kappa shape index (κ1) is 18.3. The zero-order valence-electron chi connectivity index (χ0n) is 15.2. The quantitative estimate of drug-likeness (QED) is 0.573. The molecule has 0 fully saturated rings. The maximum atomic E-state index is 5.41. The van der Waals surface area contributed by atoms with E-state index >= 15 is 0 Å². The lowest BCUT2D eigenvalue weighted by molar-refractivity contribution is 0.324. The van der Waals surface area contributed by atoms with Gasteiger partial charge in [0, 0.05) is 25.3 Å². The first-order chi connectivity index (χ1) is 12.1. The molecule has 25 heavy (non-hydrogen) atoms. The van der Waals surface area contributed by atoms with Crippen LogP contribution in [0.5, 0.6) is 17.2 Å². The molecule has 0 aromatic heterocycles. The minimum Gasteiger partial charge on any atom is -0.493 e. The molecule has 6 heteroatoms. The van der Waals surface area contributed by atoms with E-state index in [4.69, 9.17) is 14.2 Å². The Kier molecular flexibility index (Phi) is 6.39. The molecule has 0 heterocycles. The average Bonchev–Trinajstić information content (AvgIpc) is 2.64. The summed E-state index contributed by atoms with van der Waals surface area (Å²) < 4.78 is 16.0. The second-order valence-electron chi connectivity index (χ2n) is 5.40. The van der Waals surface area contributed by atoms with Gasteiger partial charge in [-0.25, -0.2) is 0 Å². The highest BCUT2D eigenvalue weighted by Crippen LogP contribution is 2.38. The second kappa shape index (κ2) is 8.73. The molecular weight excluding hydrogens is 318 g/mol. The number of hydrogen-bond acceptors (Lipinski definition) is 6. The Hall–Kier alpha value is -3.02. The van der Waals surface area contributed by atoms with Crippen LogP contribution >= 0.6 is 0 Å². The number of rotatable bonds is 7. The zero-order chi connectivity index (χ0) is 18.2. The van der Waals surface area contributed by atoms with Crippen LogP contribution < -0.4 is 19.1 Å². The van der Waals surface area contributed by atoms with Gasteiger partial charge in [-0.15, -0.1) is 0 Å². The normalized spacial score (nSPS) is 11.1. The van der Waals surface area contributed by atoms with E-state index in [1.807, 2.05) is 49.3 Å². The van der Waals surface area contributed by atoms with Gasteiger partial charge in [0.25, 0.3) is 0 Å². The Labute approximate surface area is 148 Å². The predicted octanol–water partition coefficient (Wildman–Crippen LogP) is 3.23. The van der Waals surface area contributed by atoms with Gasteiger partial charge in [-0.2, -0.15) is 10.2 Å². The molecule has 6 nitrogen and oxygen atoms in total. The molecule has 0 bridgehead atoms. The van der Waals surface area contributed by atoms with Crippen molar-refractivity contribution < 1.29 is 14.2 Å². The van der Waals surface area contributed by atoms with Crippen LogP contribution in [0.25, 0.3) is 0 Å². The van der Waals surface area contributed by atoms with Crippen LogP contribution in [0.4, 0.5) is 5.69 Å². The minimum atomic E-state index is 0.525. The summed E-state index contributed by atoms with van der Waals surface area (Å²) in [7, 11) is 8.73. The fourth-order valence-corrected chi connectivity index (χ4v) is 2.28. The Morgan fingerprint density at radius 2 is 1.40 bits per heavy atom. The molecule has 0 aliphatic heterocycles. The second-order valence-corrected chi connectivity index (χ2v) is 5.40.